The first-order valence-electron chi connectivity index (χ1n) is 6.70. The van der Waals surface area contributed by atoms with Gasteiger partial charge < -0.3 is 10.0 Å². The number of carboxylic acid groups (broad SMARTS) is 1. The fraction of sp³-hybridized carbons (Fsp3) is 0.462. The van der Waals surface area contributed by atoms with Crippen molar-refractivity contribution in [1.29, 1.82) is 0 Å². The first kappa shape index (κ1) is 15.7. The Kier molecular flexibility index (Phi) is 4.81. The quantitative estimate of drug-likeness (QED) is 0.718. The molecule has 3 N–H and O–H groups in total. The van der Waals surface area contributed by atoms with Gasteiger partial charge in [-0.2, -0.15) is 0 Å². The molecule has 2 rings (SSSR count). The number of sulfonamides is 1. The van der Waals surface area contributed by atoms with Gasteiger partial charge in [-0.15, -0.1) is 4.83 Å². The van der Waals surface area contributed by atoms with E-state index in [4.69, 9.17) is 5.11 Å². The van der Waals surface area contributed by atoms with Crippen LogP contribution in [-0.4, -0.2) is 43.6 Å². The lowest BCUT2D eigenvalue weighted by Crippen LogP contribution is -2.53. The summed E-state index contributed by atoms with van der Waals surface area (Å²) in [6.07, 6.45) is 0.444. The van der Waals surface area contributed by atoms with Crippen LogP contribution in [0.25, 0.3) is 0 Å². The highest BCUT2D eigenvalue weighted by Crippen LogP contribution is 2.12. The molecular formula is C13H19N3O4S. The minimum atomic E-state index is -3.64. The molecule has 0 radical (unpaired) electrons. The molecule has 1 heterocycles. The summed E-state index contributed by atoms with van der Waals surface area (Å²) in [6.45, 7) is 2.63. The van der Waals surface area contributed by atoms with Crippen LogP contribution in [0.1, 0.15) is 18.4 Å². The van der Waals surface area contributed by atoms with E-state index in [1.165, 1.54) is 17.0 Å². The van der Waals surface area contributed by atoms with Gasteiger partial charge in [0.25, 0.3) is 10.0 Å². The van der Waals surface area contributed by atoms with Crippen LogP contribution in [0.5, 0.6) is 0 Å². The molecule has 1 aliphatic heterocycles. The summed E-state index contributed by atoms with van der Waals surface area (Å²) in [5, 5.41) is 8.95. The van der Waals surface area contributed by atoms with Gasteiger partial charge in [0.2, 0.25) is 0 Å². The summed E-state index contributed by atoms with van der Waals surface area (Å²) in [4.78, 5) is 14.7. The van der Waals surface area contributed by atoms with E-state index in [0.717, 1.165) is 12.0 Å². The van der Waals surface area contributed by atoms with Gasteiger partial charge in [-0.1, -0.05) is 17.7 Å². The van der Waals surface area contributed by atoms with E-state index in [9.17, 15) is 13.2 Å². The van der Waals surface area contributed by atoms with Crippen LogP contribution in [-0.2, 0) is 10.0 Å². The Morgan fingerprint density at radius 3 is 2.62 bits per heavy atom. The second kappa shape index (κ2) is 6.42. The summed E-state index contributed by atoms with van der Waals surface area (Å²) >= 11 is 0. The number of rotatable bonds is 4. The number of carbonyl (C=O) groups is 1. The molecule has 0 aromatic heterocycles. The van der Waals surface area contributed by atoms with E-state index in [1.807, 2.05) is 6.92 Å². The highest BCUT2D eigenvalue weighted by atomic mass is 32.2. The van der Waals surface area contributed by atoms with Gasteiger partial charge in [-0.3, -0.25) is 0 Å². The van der Waals surface area contributed by atoms with Crippen molar-refractivity contribution in [3.05, 3.63) is 29.8 Å². The summed E-state index contributed by atoms with van der Waals surface area (Å²) in [6, 6.07) is 6.28. The maximum absolute atomic E-state index is 12.1. The number of amides is 1. The zero-order valence-corrected chi connectivity index (χ0v) is 12.6. The van der Waals surface area contributed by atoms with Crippen molar-refractivity contribution in [2.24, 2.45) is 0 Å². The van der Waals surface area contributed by atoms with Crippen molar-refractivity contribution in [3.63, 3.8) is 0 Å². The molecule has 1 saturated heterocycles. The van der Waals surface area contributed by atoms with E-state index >= 15 is 0 Å². The molecule has 0 spiro atoms. The molecule has 116 valence electrons. The van der Waals surface area contributed by atoms with Crippen molar-refractivity contribution in [3.8, 4) is 0 Å². The average Bonchev–Trinajstić information content (AvgIpc) is 2.46. The number of aryl methyl sites for hydroxylation is 1. The Hall–Kier alpha value is -1.64. The first-order valence-corrected chi connectivity index (χ1v) is 8.19. The number of hydrogen-bond donors (Lipinski definition) is 3. The molecule has 1 aliphatic rings. The molecule has 1 unspecified atom stereocenters. The summed E-state index contributed by atoms with van der Waals surface area (Å²) < 4.78 is 24.2. The van der Waals surface area contributed by atoms with Gasteiger partial charge in [-0.05, 0) is 31.9 Å². The first-order chi connectivity index (χ1) is 9.88. The lowest BCUT2D eigenvalue weighted by atomic mass is 10.1. The molecule has 0 bridgehead atoms. The number of hydrogen-bond acceptors (Lipinski definition) is 4. The molecule has 8 heteroatoms. The van der Waals surface area contributed by atoms with Gasteiger partial charge in [0.15, 0.2) is 0 Å². The van der Waals surface area contributed by atoms with Crippen molar-refractivity contribution in [1.82, 2.24) is 15.2 Å². The number of benzene rings is 1. The zero-order valence-electron chi connectivity index (χ0n) is 11.7. The zero-order chi connectivity index (χ0) is 15.5. The number of piperidine rings is 1. The maximum atomic E-state index is 12.1. The molecule has 0 aliphatic carbocycles. The molecule has 1 fully saturated rings. The second-order valence-corrected chi connectivity index (χ2v) is 6.81. The monoisotopic (exact) mass is 313 g/mol. The summed E-state index contributed by atoms with van der Waals surface area (Å²) in [5.74, 6) is 0. The number of nitrogens with one attached hydrogen (secondary N) is 2. The molecule has 0 saturated carbocycles. The van der Waals surface area contributed by atoms with E-state index in [-0.39, 0.29) is 17.5 Å². The van der Waals surface area contributed by atoms with Crippen LogP contribution in [0, 0.1) is 6.92 Å². The number of hydrazine groups is 1. The van der Waals surface area contributed by atoms with Gasteiger partial charge in [0, 0.05) is 19.1 Å². The molecule has 1 amide bonds. The minimum absolute atomic E-state index is 0.173. The normalized spacial score (nSPS) is 19.5. The van der Waals surface area contributed by atoms with E-state index in [2.05, 4.69) is 10.3 Å². The van der Waals surface area contributed by atoms with E-state index in [0.29, 0.717) is 13.0 Å². The Morgan fingerprint density at radius 1 is 1.33 bits per heavy atom. The Morgan fingerprint density at radius 2 is 2.00 bits per heavy atom. The predicted molar refractivity (Wildman–Crippen MR) is 77.3 cm³/mol. The molecule has 1 aromatic carbocycles. The van der Waals surface area contributed by atoms with Gasteiger partial charge >= 0.3 is 6.09 Å². The Labute approximate surface area is 124 Å². The van der Waals surface area contributed by atoms with Gasteiger partial charge in [-0.25, -0.2) is 18.6 Å². The average molecular weight is 313 g/mol. The SMILES string of the molecule is Cc1ccc(S(=O)(=O)NNC2CCCN(C(=O)O)C2)cc1. The second-order valence-electron chi connectivity index (χ2n) is 5.13. The third-order valence-corrected chi connectivity index (χ3v) is 4.70. The molecule has 1 atom stereocenters. The number of nitrogens with zero attached hydrogens (tertiary/aromatic N) is 1. The van der Waals surface area contributed by atoms with E-state index in [1.54, 1.807) is 12.1 Å². The number of likely N-dealkylation sites (tertiary alicyclic amines) is 1. The van der Waals surface area contributed by atoms with Crippen LogP contribution in [0.3, 0.4) is 0 Å². The fourth-order valence-electron chi connectivity index (χ4n) is 2.21. The topological polar surface area (TPSA) is 98.7 Å². The van der Waals surface area contributed by atoms with Crippen LogP contribution in [0.4, 0.5) is 4.79 Å². The van der Waals surface area contributed by atoms with Crippen molar-refractivity contribution >= 4 is 16.1 Å². The largest absolute Gasteiger partial charge is 0.465 e. The lowest BCUT2D eigenvalue weighted by molar-refractivity contribution is 0.125. The lowest BCUT2D eigenvalue weighted by Gasteiger charge is -2.31. The van der Waals surface area contributed by atoms with Gasteiger partial charge in [0.05, 0.1) is 4.90 Å². The van der Waals surface area contributed by atoms with Crippen molar-refractivity contribution < 1.29 is 18.3 Å². The van der Waals surface area contributed by atoms with E-state index < -0.39 is 16.1 Å². The Bertz CT molecular complexity index is 600. The summed E-state index contributed by atoms with van der Waals surface area (Å²) in [7, 11) is -3.64. The molecule has 7 nitrogen and oxygen atoms in total. The van der Waals surface area contributed by atoms with Crippen LogP contribution in [0.15, 0.2) is 29.2 Å². The smallest absolute Gasteiger partial charge is 0.407 e. The van der Waals surface area contributed by atoms with Crippen LogP contribution in [0.2, 0.25) is 0 Å². The highest BCUT2D eigenvalue weighted by Gasteiger charge is 2.24. The standard InChI is InChI=1S/C13H19N3O4S/c1-10-4-6-12(7-5-10)21(19,20)15-14-11-3-2-8-16(9-11)13(17)18/h4-7,11,14-15H,2-3,8-9H2,1H3,(H,17,18). The Balaban J connectivity index is 1.95. The van der Waals surface area contributed by atoms with Crippen LogP contribution < -0.4 is 10.3 Å². The van der Waals surface area contributed by atoms with Gasteiger partial charge in [0.1, 0.15) is 0 Å². The maximum Gasteiger partial charge on any atom is 0.407 e. The molecule has 1 aromatic rings. The summed E-state index contributed by atoms with van der Waals surface area (Å²) in [5.41, 5.74) is 3.69. The highest BCUT2D eigenvalue weighted by molar-refractivity contribution is 7.89. The van der Waals surface area contributed by atoms with Crippen molar-refractivity contribution in [2.45, 2.75) is 30.7 Å². The molecule has 21 heavy (non-hydrogen) atoms. The van der Waals surface area contributed by atoms with Crippen molar-refractivity contribution in [2.75, 3.05) is 13.1 Å². The predicted octanol–water partition coefficient (Wildman–Crippen LogP) is 0.920. The third kappa shape index (κ3) is 4.16. The minimum Gasteiger partial charge on any atom is -0.465 e. The fourth-order valence-corrected chi connectivity index (χ4v) is 3.14. The molecular weight excluding hydrogens is 294 g/mol. The van der Waals surface area contributed by atoms with Crippen LogP contribution >= 0.6 is 0 Å². The third-order valence-electron chi connectivity index (χ3n) is 3.42.